The fraction of sp³-hybridized carbons (Fsp3) is 0.917. The van der Waals surface area contributed by atoms with Crippen LogP contribution in [0.2, 0.25) is 0 Å². The third-order valence-electron chi connectivity index (χ3n) is 4.31. The van der Waals surface area contributed by atoms with Gasteiger partial charge in [-0.25, -0.2) is 4.79 Å². The van der Waals surface area contributed by atoms with Gasteiger partial charge in [0, 0.05) is 31.7 Å². The number of nitrogens with one attached hydrogen (secondary N) is 1. The van der Waals surface area contributed by atoms with Crippen LogP contribution in [0, 0.1) is 0 Å². The quantitative estimate of drug-likeness (QED) is 0.720. The van der Waals surface area contributed by atoms with E-state index in [2.05, 4.69) is 10.2 Å². The standard InChI is InChI=1S/C12H21N3O/c16-12(13-10-3-1-4-10)15-8-7-14-6-2-5-11(14)9-15/h10-11H,1-9H2,(H,13,16). The average molecular weight is 223 g/mol. The lowest BCUT2D eigenvalue weighted by Crippen LogP contribution is -2.56. The first-order valence-corrected chi connectivity index (χ1v) is 6.62. The normalized spacial score (nSPS) is 31.0. The number of carbonyl (C=O) groups is 1. The van der Waals surface area contributed by atoms with Gasteiger partial charge < -0.3 is 10.2 Å². The predicted molar refractivity (Wildman–Crippen MR) is 62.3 cm³/mol. The first-order chi connectivity index (χ1) is 7.83. The molecule has 2 aliphatic heterocycles. The van der Waals surface area contributed by atoms with Crippen molar-refractivity contribution in [2.45, 2.75) is 44.2 Å². The predicted octanol–water partition coefficient (Wildman–Crippen LogP) is 1.03. The molecule has 1 aliphatic carbocycles. The van der Waals surface area contributed by atoms with Crippen molar-refractivity contribution in [2.75, 3.05) is 26.2 Å². The number of hydrogen-bond donors (Lipinski definition) is 1. The number of urea groups is 1. The monoisotopic (exact) mass is 223 g/mol. The maximum Gasteiger partial charge on any atom is 0.317 e. The SMILES string of the molecule is O=C(NC1CCC1)N1CCN2CCCC2C1. The topological polar surface area (TPSA) is 35.6 Å². The van der Waals surface area contributed by atoms with Crippen molar-refractivity contribution in [1.29, 1.82) is 0 Å². The molecule has 3 aliphatic rings. The molecule has 0 bridgehead atoms. The van der Waals surface area contributed by atoms with E-state index in [-0.39, 0.29) is 6.03 Å². The molecule has 2 saturated heterocycles. The van der Waals surface area contributed by atoms with Crippen LogP contribution in [0.25, 0.3) is 0 Å². The van der Waals surface area contributed by atoms with Crippen molar-refractivity contribution in [3.05, 3.63) is 0 Å². The smallest absolute Gasteiger partial charge is 0.317 e. The van der Waals surface area contributed by atoms with Crippen molar-refractivity contribution < 1.29 is 4.79 Å². The van der Waals surface area contributed by atoms with E-state index in [1.165, 1.54) is 38.6 Å². The summed E-state index contributed by atoms with van der Waals surface area (Å²) in [6, 6.07) is 1.28. The molecule has 1 saturated carbocycles. The molecule has 1 unspecified atom stereocenters. The molecule has 3 fully saturated rings. The molecule has 1 N–H and O–H groups in total. The highest BCUT2D eigenvalue weighted by Crippen LogP contribution is 2.22. The van der Waals surface area contributed by atoms with E-state index in [0.29, 0.717) is 12.1 Å². The van der Waals surface area contributed by atoms with E-state index in [1.807, 2.05) is 4.90 Å². The Kier molecular flexibility index (Phi) is 2.75. The van der Waals surface area contributed by atoms with Gasteiger partial charge in [0.05, 0.1) is 0 Å². The van der Waals surface area contributed by atoms with E-state index in [9.17, 15) is 4.79 Å². The minimum absolute atomic E-state index is 0.177. The number of nitrogens with zero attached hydrogens (tertiary/aromatic N) is 2. The van der Waals surface area contributed by atoms with Crippen molar-refractivity contribution in [2.24, 2.45) is 0 Å². The number of rotatable bonds is 1. The highest BCUT2D eigenvalue weighted by atomic mass is 16.2. The van der Waals surface area contributed by atoms with E-state index in [1.54, 1.807) is 0 Å². The zero-order valence-electron chi connectivity index (χ0n) is 9.82. The molecular formula is C12H21N3O. The molecule has 0 radical (unpaired) electrons. The van der Waals surface area contributed by atoms with Crippen LogP contribution >= 0.6 is 0 Å². The first-order valence-electron chi connectivity index (χ1n) is 6.62. The molecule has 0 aromatic rings. The molecule has 1 atom stereocenters. The third kappa shape index (κ3) is 1.90. The lowest BCUT2D eigenvalue weighted by Gasteiger charge is -2.39. The number of amides is 2. The highest BCUT2D eigenvalue weighted by molar-refractivity contribution is 5.74. The number of carbonyl (C=O) groups excluding carboxylic acids is 1. The Bertz CT molecular complexity index is 277. The molecule has 4 nitrogen and oxygen atoms in total. The molecule has 2 amide bonds. The van der Waals surface area contributed by atoms with Crippen molar-refractivity contribution >= 4 is 6.03 Å². The summed E-state index contributed by atoms with van der Waals surface area (Å²) in [7, 11) is 0. The van der Waals surface area contributed by atoms with Crippen LogP contribution in [0.3, 0.4) is 0 Å². The molecule has 4 heteroatoms. The van der Waals surface area contributed by atoms with Gasteiger partial charge in [0.25, 0.3) is 0 Å². The Morgan fingerprint density at radius 1 is 1.06 bits per heavy atom. The van der Waals surface area contributed by atoms with Gasteiger partial charge in [-0.15, -0.1) is 0 Å². The number of piperazine rings is 1. The minimum atomic E-state index is 0.177. The summed E-state index contributed by atoms with van der Waals surface area (Å²) in [5.74, 6) is 0. The second-order valence-electron chi connectivity index (χ2n) is 5.36. The maximum absolute atomic E-state index is 12.0. The number of fused-ring (bicyclic) bond motifs is 1. The van der Waals surface area contributed by atoms with Gasteiger partial charge in [-0.3, -0.25) is 4.90 Å². The summed E-state index contributed by atoms with van der Waals surface area (Å²) in [5, 5.41) is 3.13. The molecule has 0 aromatic carbocycles. The Hall–Kier alpha value is -0.770. The van der Waals surface area contributed by atoms with Crippen molar-refractivity contribution in [3.8, 4) is 0 Å². The van der Waals surface area contributed by atoms with Gasteiger partial charge in [0.15, 0.2) is 0 Å². The fourth-order valence-corrected chi connectivity index (χ4v) is 2.99. The second kappa shape index (κ2) is 4.24. The second-order valence-corrected chi connectivity index (χ2v) is 5.36. The fourth-order valence-electron chi connectivity index (χ4n) is 2.99. The van der Waals surface area contributed by atoms with Crippen molar-refractivity contribution in [1.82, 2.24) is 15.1 Å². The van der Waals surface area contributed by atoms with Gasteiger partial charge in [-0.1, -0.05) is 0 Å². The molecular weight excluding hydrogens is 202 g/mol. The van der Waals surface area contributed by atoms with E-state index >= 15 is 0 Å². The summed E-state index contributed by atoms with van der Waals surface area (Å²) in [6.07, 6.45) is 6.21. The third-order valence-corrected chi connectivity index (χ3v) is 4.31. The lowest BCUT2D eigenvalue weighted by molar-refractivity contribution is 0.113. The van der Waals surface area contributed by atoms with E-state index < -0.39 is 0 Å². The zero-order valence-corrected chi connectivity index (χ0v) is 9.82. The molecule has 2 heterocycles. The Morgan fingerprint density at radius 3 is 2.69 bits per heavy atom. The zero-order chi connectivity index (χ0) is 11.0. The molecule has 3 rings (SSSR count). The summed E-state index contributed by atoms with van der Waals surface area (Å²) in [4.78, 5) is 16.5. The van der Waals surface area contributed by atoms with Crippen LogP contribution < -0.4 is 5.32 Å². The number of hydrogen-bond acceptors (Lipinski definition) is 2. The maximum atomic E-state index is 12.0. The lowest BCUT2D eigenvalue weighted by atomic mass is 9.93. The largest absolute Gasteiger partial charge is 0.335 e. The summed E-state index contributed by atoms with van der Waals surface area (Å²) >= 11 is 0. The van der Waals surface area contributed by atoms with Crippen LogP contribution in [0.5, 0.6) is 0 Å². The summed E-state index contributed by atoms with van der Waals surface area (Å²) < 4.78 is 0. The van der Waals surface area contributed by atoms with Crippen LogP contribution in [0.1, 0.15) is 32.1 Å². The first kappa shape index (κ1) is 10.4. The molecule has 90 valence electrons. The molecule has 0 aromatic heterocycles. The Morgan fingerprint density at radius 2 is 1.94 bits per heavy atom. The van der Waals surface area contributed by atoms with Gasteiger partial charge in [-0.2, -0.15) is 0 Å². The summed E-state index contributed by atoms with van der Waals surface area (Å²) in [5.41, 5.74) is 0. The minimum Gasteiger partial charge on any atom is -0.335 e. The Balaban J connectivity index is 1.52. The van der Waals surface area contributed by atoms with E-state index in [4.69, 9.17) is 0 Å². The van der Waals surface area contributed by atoms with Crippen molar-refractivity contribution in [3.63, 3.8) is 0 Å². The van der Waals surface area contributed by atoms with Gasteiger partial charge in [-0.05, 0) is 38.6 Å². The van der Waals surface area contributed by atoms with Crippen LogP contribution in [-0.2, 0) is 0 Å². The van der Waals surface area contributed by atoms with Crippen LogP contribution in [0.4, 0.5) is 4.79 Å². The summed E-state index contributed by atoms with van der Waals surface area (Å²) in [6.45, 7) is 4.17. The molecule has 0 spiro atoms. The van der Waals surface area contributed by atoms with Crippen LogP contribution in [0.15, 0.2) is 0 Å². The molecule has 16 heavy (non-hydrogen) atoms. The Labute approximate surface area is 97.0 Å². The van der Waals surface area contributed by atoms with E-state index in [0.717, 1.165) is 19.6 Å². The highest BCUT2D eigenvalue weighted by Gasteiger charge is 2.33. The average Bonchev–Trinajstić information content (AvgIpc) is 2.69. The van der Waals surface area contributed by atoms with Gasteiger partial charge >= 0.3 is 6.03 Å². The van der Waals surface area contributed by atoms with Crippen LogP contribution in [-0.4, -0.2) is 54.1 Å². The van der Waals surface area contributed by atoms with Gasteiger partial charge in [0.1, 0.15) is 0 Å². The van der Waals surface area contributed by atoms with Gasteiger partial charge in [0.2, 0.25) is 0 Å².